The van der Waals surface area contributed by atoms with Crippen LogP contribution in [0.3, 0.4) is 0 Å². The highest BCUT2D eigenvalue weighted by atomic mass is 79.9. The van der Waals surface area contributed by atoms with Crippen molar-refractivity contribution in [3.05, 3.63) is 39.9 Å². The van der Waals surface area contributed by atoms with Crippen LogP contribution in [0, 0.1) is 6.92 Å². The Kier molecular flexibility index (Phi) is 8.91. The number of halogens is 1. The van der Waals surface area contributed by atoms with Crippen molar-refractivity contribution in [3.63, 3.8) is 0 Å². The molecule has 1 aromatic rings. The summed E-state index contributed by atoms with van der Waals surface area (Å²) >= 11 is 3.42. The number of nitrogens with one attached hydrogen (secondary N) is 1. The van der Waals surface area contributed by atoms with Crippen LogP contribution in [0.1, 0.15) is 24.5 Å². The molecule has 0 saturated heterocycles. The highest BCUT2D eigenvalue weighted by molar-refractivity contribution is 9.10. The summed E-state index contributed by atoms with van der Waals surface area (Å²) in [6.07, 6.45) is 3.69. The van der Waals surface area contributed by atoms with Crippen molar-refractivity contribution in [1.82, 2.24) is 10.2 Å². The molecule has 1 rings (SSSR count). The van der Waals surface area contributed by atoms with Crippen molar-refractivity contribution in [2.45, 2.75) is 20.3 Å². The van der Waals surface area contributed by atoms with Crippen molar-refractivity contribution in [2.24, 2.45) is 0 Å². The standard InChI is InChI=1S/C18H23BrN2O4/c1-4-9-20-16(22)11-21(3)17(23)12-25-18(24)8-7-14-6-5-13(2)10-15(14)19/h5-8,10H,4,9,11-12H2,1-3H3,(H,20,22)/b8-7+. The number of likely N-dealkylation sites (N-methyl/N-ethyl adjacent to an activating group) is 1. The first-order chi connectivity index (χ1) is 11.8. The molecule has 0 atom stereocenters. The number of carbonyl (C=O) groups is 3. The van der Waals surface area contributed by atoms with Crippen molar-refractivity contribution >= 4 is 39.8 Å². The lowest BCUT2D eigenvalue weighted by Gasteiger charge is -2.16. The van der Waals surface area contributed by atoms with Crippen LogP contribution in [0.15, 0.2) is 28.7 Å². The molecule has 0 spiro atoms. The van der Waals surface area contributed by atoms with Gasteiger partial charge in [0.15, 0.2) is 6.61 Å². The van der Waals surface area contributed by atoms with Gasteiger partial charge >= 0.3 is 5.97 Å². The Bertz CT molecular complexity index is 658. The highest BCUT2D eigenvalue weighted by Crippen LogP contribution is 2.19. The number of hydrogen-bond acceptors (Lipinski definition) is 4. The minimum absolute atomic E-state index is 0.0669. The Labute approximate surface area is 156 Å². The smallest absolute Gasteiger partial charge is 0.331 e. The third kappa shape index (κ3) is 7.98. The molecule has 0 aliphatic carbocycles. The first kappa shape index (κ1) is 20.9. The van der Waals surface area contributed by atoms with E-state index in [-0.39, 0.29) is 12.5 Å². The Morgan fingerprint density at radius 3 is 2.68 bits per heavy atom. The molecule has 25 heavy (non-hydrogen) atoms. The average molecular weight is 411 g/mol. The van der Waals surface area contributed by atoms with Gasteiger partial charge in [-0.15, -0.1) is 0 Å². The summed E-state index contributed by atoms with van der Waals surface area (Å²) in [5, 5.41) is 2.67. The molecule has 6 nitrogen and oxygen atoms in total. The van der Waals surface area contributed by atoms with Gasteiger partial charge in [-0.25, -0.2) is 4.79 Å². The fourth-order valence-electron chi connectivity index (χ4n) is 1.84. The quantitative estimate of drug-likeness (QED) is 0.526. The molecule has 2 amide bonds. The third-order valence-corrected chi connectivity index (χ3v) is 3.96. The number of hydrogen-bond donors (Lipinski definition) is 1. The van der Waals surface area contributed by atoms with E-state index in [4.69, 9.17) is 4.74 Å². The summed E-state index contributed by atoms with van der Waals surface area (Å²) in [6.45, 7) is 4.00. The van der Waals surface area contributed by atoms with Gasteiger partial charge in [-0.2, -0.15) is 0 Å². The van der Waals surface area contributed by atoms with E-state index in [9.17, 15) is 14.4 Å². The number of esters is 1. The largest absolute Gasteiger partial charge is 0.452 e. The zero-order valence-corrected chi connectivity index (χ0v) is 16.3. The van der Waals surface area contributed by atoms with E-state index in [1.165, 1.54) is 18.0 Å². The lowest BCUT2D eigenvalue weighted by atomic mass is 10.1. The van der Waals surface area contributed by atoms with Gasteiger partial charge in [0.05, 0.1) is 6.54 Å². The van der Waals surface area contributed by atoms with Crippen molar-refractivity contribution < 1.29 is 19.1 Å². The van der Waals surface area contributed by atoms with E-state index in [0.29, 0.717) is 6.54 Å². The summed E-state index contributed by atoms with van der Waals surface area (Å²) < 4.78 is 5.78. The second-order valence-corrected chi connectivity index (χ2v) is 6.42. The predicted molar refractivity (Wildman–Crippen MR) is 99.8 cm³/mol. The number of nitrogens with zero attached hydrogens (tertiary/aromatic N) is 1. The van der Waals surface area contributed by atoms with Crippen LogP contribution in [0.25, 0.3) is 6.08 Å². The SMILES string of the molecule is CCCNC(=O)CN(C)C(=O)COC(=O)/C=C/c1ccc(C)cc1Br. The molecule has 0 unspecified atom stereocenters. The first-order valence-corrected chi connectivity index (χ1v) is 8.74. The molecule has 0 aromatic heterocycles. The molecule has 136 valence electrons. The first-order valence-electron chi connectivity index (χ1n) is 7.95. The second kappa shape index (κ2) is 10.7. The third-order valence-electron chi connectivity index (χ3n) is 3.27. The van der Waals surface area contributed by atoms with Crippen molar-refractivity contribution in [2.75, 3.05) is 26.7 Å². The normalized spacial score (nSPS) is 10.6. The lowest BCUT2D eigenvalue weighted by molar-refractivity contribution is -0.148. The monoisotopic (exact) mass is 410 g/mol. The highest BCUT2D eigenvalue weighted by Gasteiger charge is 2.14. The molecule has 1 aromatic carbocycles. The van der Waals surface area contributed by atoms with Gasteiger partial charge < -0.3 is 15.0 Å². The van der Waals surface area contributed by atoms with Crippen LogP contribution in [0.5, 0.6) is 0 Å². The van der Waals surface area contributed by atoms with E-state index in [2.05, 4.69) is 21.2 Å². The number of rotatable bonds is 8. The number of aryl methyl sites for hydroxylation is 1. The summed E-state index contributed by atoms with van der Waals surface area (Å²) in [4.78, 5) is 36.3. The van der Waals surface area contributed by atoms with E-state index in [1.54, 1.807) is 6.08 Å². The minimum atomic E-state index is -0.621. The lowest BCUT2D eigenvalue weighted by Crippen LogP contribution is -2.40. The summed E-state index contributed by atoms with van der Waals surface area (Å²) in [6, 6.07) is 5.74. The number of ether oxygens (including phenoxy) is 1. The molecule has 0 radical (unpaired) electrons. The van der Waals surface area contributed by atoms with Gasteiger partial charge in [-0.05, 0) is 36.6 Å². The van der Waals surface area contributed by atoms with Crippen LogP contribution in [-0.4, -0.2) is 49.4 Å². The molecular weight excluding hydrogens is 388 g/mol. The molecule has 0 fully saturated rings. The Morgan fingerprint density at radius 1 is 1.32 bits per heavy atom. The van der Waals surface area contributed by atoms with Crippen molar-refractivity contribution in [1.29, 1.82) is 0 Å². The van der Waals surface area contributed by atoms with Crippen LogP contribution >= 0.6 is 15.9 Å². The number of carbonyl (C=O) groups excluding carboxylic acids is 3. The number of amides is 2. The summed E-state index contributed by atoms with van der Waals surface area (Å²) in [7, 11) is 1.49. The zero-order chi connectivity index (χ0) is 18.8. The second-order valence-electron chi connectivity index (χ2n) is 5.57. The predicted octanol–water partition coefficient (Wildman–Crippen LogP) is 2.30. The van der Waals surface area contributed by atoms with E-state index in [1.807, 2.05) is 32.0 Å². The van der Waals surface area contributed by atoms with Crippen LogP contribution < -0.4 is 5.32 Å². The van der Waals surface area contributed by atoms with Crippen LogP contribution in [0.2, 0.25) is 0 Å². The molecule has 0 saturated carbocycles. The molecule has 7 heteroatoms. The maximum absolute atomic E-state index is 11.9. The number of benzene rings is 1. The fourth-order valence-corrected chi connectivity index (χ4v) is 2.47. The zero-order valence-electron chi connectivity index (χ0n) is 14.7. The molecule has 0 bridgehead atoms. The molecule has 1 N–H and O–H groups in total. The van der Waals surface area contributed by atoms with Gasteiger partial charge in [-0.1, -0.05) is 35.0 Å². The van der Waals surface area contributed by atoms with Gasteiger partial charge in [0.25, 0.3) is 5.91 Å². The average Bonchev–Trinajstić information content (AvgIpc) is 2.56. The molecule has 0 aliphatic heterocycles. The van der Waals surface area contributed by atoms with Gasteiger partial charge in [0, 0.05) is 24.1 Å². The molecular formula is C18H23BrN2O4. The maximum atomic E-state index is 11.9. The summed E-state index contributed by atoms with van der Waals surface area (Å²) in [5.74, 6) is -1.30. The molecule has 0 heterocycles. The minimum Gasteiger partial charge on any atom is -0.452 e. The summed E-state index contributed by atoms with van der Waals surface area (Å²) in [5.41, 5.74) is 1.93. The van der Waals surface area contributed by atoms with Crippen LogP contribution in [-0.2, 0) is 19.1 Å². The molecule has 0 aliphatic rings. The maximum Gasteiger partial charge on any atom is 0.331 e. The van der Waals surface area contributed by atoms with Crippen LogP contribution in [0.4, 0.5) is 0 Å². The van der Waals surface area contributed by atoms with E-state index in [0.717, 1.165) is 22.0 Å². The Hall–Kier alpha value is -2.15. The Balaban J connectivity index is 2.43. The van der Waals surface area contributed by atoms with Gasteiger partial charge in [0.2, 0.25) is 5.91 Å². The van der Waals surface area contributed by atoms with Crippen molar-refractivity contribution in [3.8, 4) is 0 Å². The Morgan fingerprint density at radius 2 is 2.04 bits per heavy atom. The van der Waals surface area contributed by atoms with Gasteiger partial charge in [-0.3, -0.25) is 9.59 Å². The van der Waals surface area contributed by atoms with E-state index < -0.39 is 18.5 Å². The fraction of sp³-hybridized carbons (Fsp3) is 0.389. The van der Waals surface area contributed by atoms with E-state index >= 15 is 0 Å². The topological polar surface area (TPSA) is 75.7 Å². The van der Waals surface area contributed by atoms with Gasteiger partial charge in [0.1, 0.15) is 0 Å².